The van der Waals surface area contributed by atoms with Gasteiger partial charge in [0.25, 0.3) is 0 Å². The molecular weight excluding hydrogens is 367 g/mol. The van der Waals surface area contributed by atoms with Crippen LogP contribution >= 0.6 is 0 Å². The van der Waals surface area contributed by atoms with E-state index in [-0.39, 0.29) is 29.3 Å². The van der Waals surface area contributed by atoms with Crippen LogP contribution in [0.3, 0.4) is 0 Å². The maximum atomic E-state index is 13.9. The van der Waals surface area contributed by atoms with Gasteiger partial charge in [0.2, 0.25) is 0 Å². The highest BCUT2D eigenvalue weighted by Crippen LogP contribution is 2.43. The molecule has 6 heteroatoms. The number of hydrogen-bond acceptors (Lipinski definition) is 5. The molecule has 0 amide bonds. The van der Waals surface area contributed by atoms with Gasteiger partial charge >= 0.3 is 0 Å². The molecule has 3 heterocycles. The minimum absolute atomic E-state index is 0.00221. The summed E-state index contributed by atoms with van der Waals surface area (Å²) in [7, 11) is 0. The number of alkyl halides is 1. The Morgan fingerprint density at radius 2 is 1.59 bits per heavy atom. The molecule has 0 aliphatic carbocycles. The van der Waals surface area contributed by atoms with E-state index < -0.39 is 0 Å². The first-order valence-electron chi connectivity index (χ1n) is 11.6. The molecule has 1 unspecified atom stereocenters. The van der Waals surface area contributed by atoms with Crippen molar-refractivity contribution in [3.05, 3.63) is 0 Å². The van der Waals surface area contributed by atoms with Gasteiger partial charge in [0.1, 0.15) is 6.67 Å². The number of hydrogen-bond donors (Lipinski definition) is 0. The van der Waals surface area contributed by atoms with E-state index in [0.717, 1.165) is 52.5 Å². The smallest absolute Gasteiger partial charge is 0.106 e. The van der Waals surface area contributed by atoms with E-state index in [1.807, 2.05) is 0 Å². The molecule has 0 aromatic heterocycles. The van der Waals surface area contributed by atoms with Gasteiger partial charge in [-0.2, -0.15) is 0 Å². The normalized spacial score (nSPS) is 28.4. The van der Waals surface area contributed by atoms with E-state index in [2.05, 4.69) is 75.0 Å². The third kappa shape index (κ3) is 4.00. The van der Waals surface area contributed by atoms with E-state index >= 15 is 0 Å². The molecule has 3 rings (SSSR count). The molecule has 5 nitrogen and oxygen atoms in total. The second-order valence-electron chi connectivity index (χ2n) is 11.1. The van der Waals surface area contributed by atoms with Gasteiger partial charge in [0.15, 0.2) is 0 Å². The monoisotopic (exact) mass is 412 g/mol. The second kappa shape index (κ2) is 8.34. The molecule has 0 saturated carbocycles. The van der Waals surface area contributed by atoms with Crippen LogP contribution in [0.25, 0.3) is 0 Å². The standard InChI is InChI=1S/C23H45FN4O/c1-18(2)25-9-12-28(23(15-25)16-29-17-23)22(7,8)21(5,6)26-10-11-27(19(3)4)20(13-24)14-26/h18-20H,9-17H2,1-8H3. The van der Waals surface area contributed by atoms with Gasteiger partial charge in [0.05, 0.1) is 24.8 Å². The first-order chi connectivity index (χ1) is 13.5. The summed E-state index contributed by atoms with van der Waals surface area (Å²) in [6.45, 7) is 25.9. The maximum Gasteiger partial charge on any atom is 0.106 e. The highest BCUT2D eigenvalue weighted by atomic mass is 19.1. The van der Waals surface area contributed by atoms with E-state index in [9.17, 15) is 4.39 Å². The molecule has 0 bridgehead atoms. The zero-order valence-corrected chi connectivity index (χ0v) is 20.2. The number of ether oxygens (including phenoxy) is 1. The van der Waals surface area contributed by atoms with Gasteiger partial charge in [-0.1, -0.05) is 0 Å². The Kier molecular flexibility index (Phi) is 6.73. The summed E-state index contributed by atoms with van der Waals surface area (Å²) in [4.78, 5) is 10.2. The third-order valence-corrected chi connectivity index (χ3v) is 8.48. The van der Waals surface area contributed by atoms with Gasteiger partial charge < -0.3 is 4.74 Å². The first-order valence-corrected chi connectivity index (χ1v) is 11.6. The van der Waals surface area contributed by atoms with Crippen LogP contribution in [0.5, 0.6) is 0 Å². The molecule has 29 heavy (non-hydrogen) atoms. The molecule has 3 aliphatic rings. The van der Waals surface area contributed by atoms with Crippen LogP contribution in [-0.4, -0.2) is 113 Å². The molecule has 1 spiro atoms. The summed E-state index contributed by atoms with van der Waals surface area (Å²) in [5.41, 5.74) is 0.00926. The third-order valence-electron chi connectivity index (χ3n) is 8.48. The number of halogens is 1. The van der Waals surface area contributed by atoms with Crippen molar-refractivity contribution in [3.63, 3.8) is 0 Å². The summed E-state index contributed by atoms with van der Waals surface area (Å²) < 4.78 is 19.7. The van der Waals surface area contributed by atoms with E-state index in [0.29, 0.717) is 12.1 Å². The van der Waals surface area contributed by atoms with E-state index in [1.54, 1.807) is 0 Å². The summed E-state index contributed by atoms with van der Waals surface area (Å²) >= 11 is 0. The van der Waals surface area contributed by atoms with Gasteiger partial charge in [-0.3, -0.25) is 19.6 Å². The predicted molar refractivity (Wildman–Crippen MR) is 118 cm³/mol. The average Bonchev–Trinajstić information content (AvgIpc) is 2.65. The van der Waals surface area contributed by atoms with Gasteiger partial charge in [-0.05, 0) is 55.4 Å². The topological polar surface area (TPSA) is 22.2 Å². The van der Waals surface area contributed by atoms with Crippen LogP contribution in [0, 0.1) is 0 Å². The van der Waals surface area contributed by atoms with Crippen molar-refractivity contribution < 1.29 is 9.13 Å². The van der Waals surface area contributed by atoms with Crippen LogP contribution in [0.15, 0.2) is 0 Å². The van der Waals surface area contributed by atoms with Crippen molar-refractivity contribution in [1.82, 2.24) is 19.6 Å². The predicted octanol–water partition coefficient (Wildman–Crippen LogP) is 2.70. The van der Waals surface area contributed by atoms with E-state index in [1.165, 1.54) is 0 Å². The Morgan fingerprint density at radius 3 is 2.07 bits per heavy atom. The fourth-order valence-corrected chi connectivity index (χ4v) is 5.82. The molecule has 1 atom stereocenters. The lowest BCUT2D eigenvalue weighted by molar-refractivity contribution is -0.220. The van der Waals surface area contributed by atoms with Crippen molar-refractivity contribution in [1.29, 1.82) is 0 Å². The van der Waals surface area contributed by atoms with Gasteiger partial charge in [0, 0.05) is 62.4 Å². The minimum Gasteiger partial charge on any atom is -0.377 e. The molecular formula is C23H45FN4O. The summed E-state index contributed by atoms with van der Waals surface area (Å²) in [5, 5.41) is 0. The Labute approximate surface area is 178 Å². The molecule has 3 saturated heterocycles. The highest BCUT2D eigenvalue weighted by molar-refractivity contribution is 5.13. The average molecular weight is 413 g/mol. The van der Waals surface area contributed by atoms with Crippen molar-refractivity contribution in [2.24, 2.45) is 0 Å². The fraction of sp³-hybridized carbons (Fsp3) is 1.00. The summed E-state index contributed by atoms with van der Waals surface area (Å²) in [5.74, 6) is 0. The second-order valence-corrected chi connectivity index (χ2v) is 11.1. The quantitative estimate of drug-likeness (QED) is 0.667. The highest BCUT2D eigenvalue weighted by Gasteiger charge is 2.57. The van der Waals surface area contributed by atoms with Crippen molar-refractivity contribution in [2.45, 2.75) is 90.1 Å². The molecule has 0 aromatic carbocycles. The molecule has 0 N–H and O–H groups in total. The van der Waals surface area contributed by atoms with Crippen LogP contribution in [0.1, 0.15) is 55.4 Å². The van der Waals surface area contributed by atoms with Crippen LogP contribution in [-0.2, 0) is 4.74 Å². The maximum absolute atomic E-state index is 13.9. The van der Waals surface area contributed by atoms with Crippen molar-refractivity contribution in [3.8, 4) is 0 Å². The SMILES string of the molecule is CC(C)N1CCN(C(C)(C)C(C)(C)N2CCN(C(C)C)C(CF)C2)C2(COC2)C1. The van der Waals surface area contributed by atoms with Gasteiger partial charge in [-0.25, -0.2) is 4.39 Å². The van der Waals surface area contributed by atoms with Crippen LogP contribution < -0.4 is 0 Å². The molecule has 3 fully saturated rings. The number of piperazine rings is 2. The number of rotatable bonds is 6. The lowest BCUT2D eigenvalue weighted by Gasteiger charge is -2.66. The lowest BCUT2D eigenvalue weighted by Crippen LogP contribution is -2.80. The Bertz CT molecular complexity index is 561. The largest absolute Gasteiger partial charge is 0.377 e. The Hall–Kier alpha value is -0.270. The minimum atomic E-state index is -0.268. The molecule has 170 valence electrons. The summed E-state index contributed by atoms with van der Waals surface area (Å²) in [6.07, 6.45) is 0. The van der Waals surface area contributed by atoms with Crippen molar-refractivity contribution >= 4 is 0 Å². The Balaban J connectivity index is 1.80. The lowest BCUT2D eigenvalue weighted by atomic mass is 9.74. The van der Waals surface area contributed by atoms with Crippen molar-refractivity contribution in [2.75, 3.05) is 59.2 Å². The van der Waals surface area contributed by atoms with Crippen LogP contribution in [0.4, 0.5) is 4.39 Å². The molecule has 0 radical (unpaired) electrons. The molecule has 0 aromatic rings. The van der Waals surface area contributed by atoms with E-state index in [4.69, 9.17) is 4.74 Å². The zero-order valence-electron chi connectivity index (χ0n) is 20.2. The van der Waals surface area contributed by atoms with Gasteiger partial charge in [-0.15, -0.1) is 0 Å². The zero-order chi connectivity index (χ0) is 21.6. The van der Waals surface area contributed by atoms with Crippen LogP contribution in [0.2, 0.25) is 0 Å². The molecule has 3 aliphatic heterocycles. The summed E-state index contributed by atoms with van der Waals surface area (Å²) in [6, 6.07) is 0.964. The Morgan fingerprint density at radius 1 is 0.931 bits per heavy atom. The number of nitrogens with zero attached hydrogens (tertiary/aromatic N) is 4. The fourth-order valence-electron chi connectivity index (χ4n) is 5.82. The first kappa shape index (κ1) is 23.4.